The van der Waals surface area contributed by atoms with Crippen molar-refractivity contribution in [2.45, 2.75) is 37.6 Å². The molecule has 1 heterocycles. The second-order valence-electron chi connectivity index (χ2n) is 6.51. The number of aryl methyl sites for hydroxylation is 1. The number of nitrogens with one attached hydrogen (secondary N) is 1. The third-order valence-corrected chi connectivity index (χ3v) is 5.15. The number of hydrogen-bond acceptors (Lipinski definition) is 6. The van der Waals surface area contributed by atoms with Crippen molar-refractivity contribution in [2.75, 3.05) is 38.8 Å². The molecular formula is C21H30N4O2S. The van der Waals surface area contributed by atoms with Crippen LogP contribution >= 0.6 is 11.8 Å². The van der Waals surface area contributed by atoms with E-state index in [1.165, 1.54) is 0 Å². The van der Waals surface area contributed by atoms with E-state index in [1.54, 1.807) is 18.9 Å². The Morgan fingerprint density at radius 2 is 1.96 bits per heavy atom. The molecule has 0 bridgehead atoms. The zero-order valence-electron chi connectivity index (χ0n) is 17.2. The third kappa shape index (κ3) is 6.80. The van der Waals surface area contributed by atoms with Crippen molar-refractivity contribution < 1.29 is 9.53 Å². The van der Waals surface area contributed by atoms with Crippen molar-refractivity contribution in [2.24, 2.45) is 0 Å². The summed E-state index contributed by atoms with van der Waals surface area (Å²) in [4.78, 5) is 23.6. The topological polar surface area (TPSA) is 67.4 Å². The Bertz CT molecular complexity index is 753. The van der Waals surface area contributed by atoms with Crippen LogP contribution in [-0.2, 0) is 16.9 Å². The smallest absolute Gasteiger partial charge is 0.251 e. The van der Waals surface area contributed by atoms with Crippen LogP contribution in [0, 0.1) is 0 Å². The van der Waals surface area contributed by atoms with Gasteiger partial charge in [-0.15, -0.1) is 0 Å². The zero-order valence-corrected chi connectivity index (χ0v) is 18.0. The van der Waals surface area contributed by atoms with Crippen LogP contribution in [-0.4, -0.2) is 49.7 Å². The van der Waals surface area contributed by atoms with Crippen molar-refractivity contribution in [3.05, 3.63) is 47.2 Å². The predicted molar refractivity (Wildman–Crippen MR) is 115 cm³/mol. The molecule has 0 aliphatic heterocycles. The van der Waals surface area contributed by atoms with Crippen LogP contribution in [0.1, 0.15) is 41.9 Å². The quantitative estimate of drug-likeness (QED) is 0.352. The van der Waals surface area contributed by atoms with Crippen LogP contribution in [0.2, 0.25) is 0 Å². The van der Waals surface area contributed by atoms with Crippen LogP contribution < -0.4 is 10.2 Å². The predicted octanol–water partition coefficient (Wildman–Crippen LogP) is 3.55. The molecule has 28 heavy (non-hydrogen) atoms. The molecule has 0 aliphatic rings. The molecule has 0 aliphatic carbocycles. The van der Waals surface area contributed by atoms with E-state index >= 15 is 0 Å². The Labute approximate surface area is 172 Å². The number of aromatic nitrogens is 2. The highest BCUT2D eigenvalue weighted by Crippen LogP contribution is 2.23. The maximum absolute atomic E-state index is 12.0. The van der Waals surface area contributed by atoms with Gasteiger partial charge in [0.2, 0.25) is 0 Å². The summed E-state index contributed by atoms with van der Waals surface area (Å²) in [5.74, 6) is 1.65. The average Bonchev–Trinajstić information content (AvgIpc) is 2.72. The molecule has 7 heteroatoms. The number of rotatable bonds is 11. The van der Waals surface area contributed by atoms with Crippen molar-refractivity contribution in [3.63, 3.8) is 0 Å². The fraction of sp³-hybridized carbons (Fsp3) is 0.476. The number of benzene rings is 1. The molecule has 1 amide bonds. The Kier molecular flexibility index (Phi) is 9.23. The van der Waals surface area contributed by atoms with Crippen LogP contribution in [0.25, 0.3) is 0 Å². The van der Waals surface area contributed by atoms with Gasteiger partial charge >= 0.3 is 0 Å². The number of carbonyl (C=O) groups is 1. The lowest BCUT2D eigenvalue weighted by molar-refractivity contribution is 0.0937. The van der Waals surface area contributed by atoms with Crippen LogP contribution in [0.4, 0.5) is 5.82 Å². The third-order valence-electron chi connectivity index (χ3n) is 4.23. The highest BCUT2D eigenvalue weighted by Gasteiger charge is 2.09. The molecule has 0 unspecified atom stereocenters. The standard InChI is InChI=1S/C21H30N4O2S/c1-5-12-25(3)19-14-18(6-2)23-21(24-19)28-15-16-7-9-17(10-8-16)20(26)22-11-13-27-4/h7-10,14H,5-6,11-13,15H2,1-4H3,(H,22,26). The lowest BCUT2D eigenvalue weighted by Gasteiger charge is -2.18. The molecule has 0 radical (unpaired) electrons. The summed E-state index contributed by atoms with van der Waals surface area (Å²) in [5, 5.41) is 3.61. The van der Waals surface area contributed by atoms with Gasteiger partial charge in [0.15, 0.2) is 5.16 Å². The maximum atomic E-state index is 12.0. The van der Waals surface area contributed by atoms with Crippen molar-refractivity contribution in [1.82, 2.24) is 15.3 Å². The van der Waals surface area contributed by atoms with Crippen molar-refractivity contribution in [3.8, 4) is 0 Å². The van der Waals surface area contributed by atoms with Gasteiger partial charge in [0, 0.05) is 50.3 Å². The normalized spacial score (nSPS) is 10.7. The van der Waals surface area contributed by atoms with Crippen LogP contribution in [0.5, 0.6) is 0 Å². The summed E-state index contributed by atoms with van der Waals surface area (Å²) in [6, 6.07) is 9.72. The molecule has 1 N–H and O–H groups in total. The SMILES string of the molecule is CCCN(C)c1cc(CC)nc(SCc2ccc(C(=O)NCCOC)cc2)n1. The van der Waals surface area contributed by atoms with Gasteiger partial charge < -0.3 is 15.0 Å². The second kappa shape index (κ2) is 11.7. The van der Waals surface area contributed by atoms with Gasteiger partial charge in [-0.1, -0.05) is 37.7 Å². The summed E-state index contributed by atoms with van der Waals surface area (Å²) in [5.41, 5.74) is 2.84. The molecule has 2 rings (SSSR count). The molecule has 0 saturated carbocycles. The Morgan fingerprint density at radius 3 is 2.61 bits per heavy atom. The highest BCUT2D eigenvalue weighted by molar-refractivity contribution is 7.98. The zero-order chi connectivity index (χ0) is 20.4. The van der Waals surface area contributed by atoms with Gasteiger partial charge in [-0.3, -0.25) is 4.79 Å². The minimum atomic E-state index is -0.0844. The number of carbonyl (C=O) groups excluding carboxylic acids is 1. The number of ether oxygens (including phenoxy) is 1. The van der Waals surface area contributed by atoms with E-state index < -0.39 is 0 Å². The number of amides is 1. The Hall–Kier alpha value is -2.12. The summed E-state index contributed by atoms with van der Waals surface area (Å²) in [6.07, 6.45) is 1.96. The number of hydrogen-bond donors (Lipinski definition) is 1. The van der Waals surface area contributed by atoms with Gasteiger partial charge in [0.05, 0.1) is 6.61 Å². The lowest BCUT2D eigenvalue weighted by atomic mass is 10.1. The Balaban J connectivity index is 1.99. The van der Waals surface area contributed by atoms with E-state index in [2.05, 4.69) is 42.2 Å². The highest BCUT2D eigenvalue weighted by atomic mass is 32.2. The maximum Gasteiger partial charge on any atom is 0.251 e. The Morgan fingerprint density at radius 1 is 1.21 bits per heavy atom. The van der Waals surface area contributed by atoms with Gasteiger partial charge in [-0.05, 0) is 30.5 Å². The van der Waals surface area contributed by atoms with Gasteiger partial charge in [-0.2, -0.15) is 0 Å². The molecule has 0 spiro atoms. The van der Waals surface area contributed by atoms with E-state index in [9.17, 15) is 4.79 Å². The summed E-state index contributed by atoms with van der Waals surface area (Å²) in [6.45, 7) is 6.25. The lowest BCUT2D eigenvalue weighted by Crippen LogP contribution is -2.26. The summed E-state index contributed by atoms with van der Waals surface area (Å²) >= 11 is 1.62. The summed E-state index contributed by atoms with van der Waals surface area (Å²) in [7, 11) is 3.68. The number of anilines is 1. The molecular weight excluding hydrogens is 372 g/mol. The van der Waals surface area contributed by atoms with E-state index in [1.807, 2.05) is 24.3 Å². The summed E-state index contributed by atoms with van der Waals surface area (Å²) < 4.78 is 4.94. The molecule has 2 aromatic rings. The average molecular weight is 403 g/mol. The molecule has 0 atom stereocenters. The van der Waals surface area contributed by atoms with Gasteiger partial charge in [-0.25, -0.2) is 9.97 Å². The monoisotopic (exact) mass is 402 g/mol. The van der Waals surface area contributed by atoms with Gasteiger partial charge in [0.25, 0.3) is 5.91 Å². The second-order valence-corrected chi connectivity index (χ2v) is 7.45. The molecule has 0 fully saturated rings. The fourth-order valence-electron chi connectivity index (χ4n) is 2.62. The number of thioether (sulfide) groups is 1. The first-order valence-corrected chi connectivity index (χ1v) is 10.6. The molecule has 6 nitrogen and oxygen atoms in total. The fourth-order valence-corrected chi connectivity index (χ4v) is 3.45. The number of methoxy groups -OCH3 is 1. The minimum absolute atomic E-state index is 0.0844. The van der Waals surface area contributed by atoms with Crippen LogP contribution in [0.3, 0.4) is 0 Å². The first-order chi connectivity index (χ1) is 13.6. The van der Waals surface area contributed by atoms with Crippen molar-refractivity contribution >= 4 is 23.5 Å². The van der Waals surface area contributed by atoms with Gasteiger partial charge in [0.1, 0.15) is 5.82 Å². The van der Waals surface area contributed by atoms with E-state index in [4.69, 9.17) is 9.72 Å². The molecule has 152 valence electrons. The first kappa shape index (κ1) is 22.2. The minimum Gasteiger partial charge on any atom is -0.383 e. The van der Waals surface area contributed by atoms with Crippen LogP contribution in [0.15, 0.2) is 35.5 Å². The first-order valence-electron chi connectivity index (χ1n) is 9.65. The largest absolute Gasteiger partial charge is 0.383 e. The molecule has 1 aromatic heterocycles. The molecule has 1 aromatic carbocycles. The molecule has 0 saturated heterocycles. The number of nitrogens with zero attached hydrogens (tertiary/aromatic N) is 3. The van der Waals surface area contributed by atoms with E-state index in [0.29, 0.717) is 18.7 Å². The van der Waals surface area contributed by atoms with E-state index in [-0.39, 0.29) is 5.91 Å². The van der Waals surface area contributed by atoms with E-state index in [0.717, 1.165) is 47.4 Å². The van der Waals surface area contributed by atoms with Crippen molar-refractivity contribution in [1.29, 1.82) is 0 Å².